The van der Waals surface area contributed by atoms with E-state index in [1.165, 1.54) is 6.20 Å². The van der Waals surface area contributed by atoms with E-state index < -0.39 is 5.56 Å². The standard InChI is InChI=1S/C18H20Cl2N4O3/c19-15-12-22-24(18(26)16(15)20)14-4-2-13(3-5-14)17(25)21-6-1-7-23-8-10-27-11-9-23/h2-5,12H,1,6-11H2,(H,21,25). The molecule has 1 amide bonds. The van der Waals surface area contributed by atoms with Crippen LogP contribution in [0.25, 0.3) is 5.69 Å². The number of halogens is 2. The van der Waals surface area contributed by atoms with Crippen LogP contribution in [-0.4, -0.2) is 60.0 Å². The molecule has 1 saturated heterocycles. The van der Waals surface area contributed by atoms with Gasteiger partial charge in [-0.25, -0.2) is 0 Å². The van der Waals surface area contributed by atoms with Crippen molar-refractivity contribution >= 4 is 29.1 Å². The Morgan fingerprint density at radius 1 is 1.19 bits per heavy atom. The SMILES string of the molecule is O=C(NCCCN1CCOCC1)c1ccc(-n2ncc(Cl)c(Cl)c2=O)cc1. The number of aromatic nitrogens is 2. The van der Waals surface area contributed by atoms with Gasteiger partial charge >= 0.3 is 0 Å². The van der Waals surface area contributed by atoms with Gasteiger partial charge < -0.3 is 10.1 Å². The summed E-state index contributed by atoms with van der Waals surface area (Å²) in [6.07, 6.45) is 2.19. The summed E-state index contributed by atoms with van der Waals surface area (Å²) in [4.78, 5) is 26.7. The van der Waals surface area contributed by atoms with Crippen molar-refractivity contribution < 1.29 is 9.53 Å². The number of nitrogens with zero attached hydrogens (tertiary/aromatic N) is 3. The zero-order chi connectivity index (χ0) is 19.2. The van der Waals surface area contributed by atoms with Crippen LogP contribution in [0.2, 0.25) is 10.0 Å². The fourth-order valence-electron chi connectivity index (χ4n) is 2.78. The number of ether oxygens (including phenoxy) is 1. The molecule has 0 aliphatic carbocycles. The Hall–Kier alpha value is -1.93. The quantitative estimate of drug-likeness (QED) is 0.736. The Bertz CT molecular complexity index is 849. The molecule has 0 saturated carbocycles. The van der Waals surface area contributed by atoms with Crippen molar-refractivity contribution in [2.24, 2.45) is 0 Å². The first kappa shape index (κ1) is 19.8. The zero-order valence-electron chi connectivity index (χ0n) is 14.7. The molecule has 27 heavy (non-hydrogen) atoms. The fourth-order valence-corrected chi connectivity index (χ4v) is 3.04. The van der Waals surface area contributed by atoms with Gasteiger partial charge in [-0.05, 0) is 37.2 Å². The second kappa shape index (κ2) is 9.32. The van der Waals surface area contributed by atoms with Crippen molar-refractivity contribution in [3.05, 3.63) is 56.4 Å². The van der Waals surface area contributed by atoms with Gasteiger partial charge in [0.1, 0.15) is 5.02 Å². The van der Waals surface area contributed by atoms with Crippen LogP contribution in [0.15, 0.2) is 35.3 Å². The Balaban J connectivity index is 1.54. The number of hydrogen-bond acceptors (Lipinski definition) is 5. The number of morpholine rings is 1. The maximum atomic E-state index is 12.2. The highest BCUT2D eigenvalue weighted by atomic mass is 35.5. The Kier molecular flexibility index (Phi) is 6.84. The monoisotopic (exact) mass is 410 g/mol. The smallest absolute Gasteiger partial charge is 0.291 e. The van der Waals surface area contributed by atoms with Gasteiger partial charge in [0.05, 0.1) is 30.1 Å². The van der Waals surface area contributed by atoms with Crippen molar-refractivity contribution in [1.82, 2.24) is 20.0 Å². The summed E-state index contributed by atoms with van der Waals surface area (Å²) in [7, 11) is 0. The molecule has 0 spiro atoms. The zero-order valence-corrected chi connectivity index (χ0v) is 16.2. The number of carbonyl (C=O) groups excluding carboxylic acids is 1. The van der Waals surface area contributed by atoms with E-state index in [-0.39, 0.29) is 16.0 Å². The molecule has 1 aromatic heterocycles. The minimum absolute atomic E-state index is 0.0891. The predicted molar refractivity (Wildman–Crippen MR) is 104 cm³/mol. The number of nitrogens with one attached hydrogen (secondary N) is 1. The lowest BCUT2D eigenvalue weighted by molar-refractivity contribution is 0.0374. The van der Waals surface area contributed by atoms with Gasteiger partial charge in [0.2, 0.25) is 0 Å². The molecule has 9 heteroatoms. The molecular formula is C18H20Cl2N4O3. The first-order chi connectivity index (χ1) is 13.1. The van der Waals surface area contributed by atoms with E-state index in [0.29, 0.717) is 17.8 Å². The molecule has 1 fully saturated rings. The van der Waals surface area contributed by atoms with Crippen LogP contribution in [0, 0.1) is 0 Å². The lowest BCUT2D eigenvalue weighted by Gasteiger charge is -2.26. The maximum absolute atomic E-state index is 12.2. The van der Waals surface area contributed by atoms with Crippen molar-refractivity contribution in [2.45, 2.75) is 6.42 Å². The summed E-state index contributed by atoms with van der Waals surface area (Å²) < 4.78 is 6.45. The first-order valence-corrected chi connectivity index (χ1v) is 9.44. The highest BCUT2D eigenvalue weighted by Gasteiger charge is 2.12. The molecule has 7 nitrogen and oxygen atoms in total. The van der Waals surface area contributed by atoms with Crippen LogP contribution in [0.4, 0.5) is 0 Å². The van der Waals surface area contributed by atoms with Gasteiger partial charge in [-0.3, -0.25) is 14.5 Å². The molecule has 0 atom stereocenters. The van der Waals surface area contributed by atoms with Crippen LogP contribution in [-0.2, 0) is 4.74 Å². The molecule has 3 rings (SSSR count). The first-order valence-electron chi connectivity index (χ1n) is 8.68. The van der Waals surface area contributed by atoms with Crippen molar-refractivity contribution in [1.29, 1.82) is 0 Å². The highest BCUT2D eigenvalue weighted by molar-refractivity contribution is 6.41. The van der Waals surface area contributed by atoms with Crippen LogP contribution in [0.5, 0.6) is 0 Å². The molecule has 144 valence electrons. The predicted octanol–water partition coefficient (Wildman–Crippen LogP) is 1.99. The summed E-state index contributed by atoms with van der Waals surface area (Å²) in [5, 5.41) is 6.88. The fraction of sp³-hybridized carbons (Fsp3) is 0.389. The molecule has 1 aliphatic heterocycles. The summed E-state index contributed by atoms with van der Waals surface area (Å²) in [5.74, 6) is -0.155. The van der Waals surface area contributed by atoms with Crippen molar-refractivity contribution in [3.8, 4) is 5.69 Å². The van der Waals surface area contributed by atoms with Gasteiger partial charge in [0.15, 0.2) is 0 Å². The van der Waals surface area contributed by atoms with Gasteiger partial charge in [0.25, 0.3) is 11.5 Å². The van der Waals surface area contributed by atoms with Crippen LogP contribution in [0.1, 0.15) is 16.8 Å². The van der Waals surface area contributed by atoms with Gasteiger partial charge in [-0.2, -0.15) is 9.78 Å². The van der Waals surface area contributed by atoms with Crippen molar-refractivity contribution in [2.75, 3.05) is 39.4 Å². The molecule has 0 unspecified atom stereocenters. The lowest BCUT2D eigenvalue weighted by Crippen LogP contribution is -2.38. The maximum Gasteiger partial charge on any atom is 0.291 e. The van der Waals surface area contributed by atoms with Crippen LogP contribution in [0.3, 0.4) is 0 Å². The molecule has 0 bridgehead atoms. The third-order valence-electron chi connectivity index (χ3n) is 4.29. The average Bonchev–Trinajstić information content (AvgIpc) is 2.70. The van der Waals surface area contributed by atoms with Gasteiger partial charge in [0, 0.05) is 25.2 Å². The molecule has 1 aliphatic rings. The van der Waals surface area contributed by atoms with Gasteiger partial charge in [-0.1, -0.05) is 23.2 Å². The minimum atomic E-state index is -0.510. The third-order valence-corrected chi connectivity index (χ3v) is 5.04. The highest BCUT2D eigenvalue weighted by Crippen LogP contribution is 2.16. The number of rotatable bonds is 6. The van der Waals surface area contributed by atoms with Crippen molar-refractivity contribution in [3.63, 3.8) is 0 Å². The van der Waals surface area contributed by atoms with E-state index in [1.54, 1.807) is 24.3 Å². The molecule has 1 N–H and O–H groups in total. The van der Waals surface area contributed by atoms with E-state index >= 15 is 0 Å². The lowest BCUT2D eigenvalue weighted by atomic mass is 10.2. The Labute approximate surface area is 166 Å². The van der Waals surface area contributed by atoms with E-state index in [9.17, 15) is 9.59 Å². The van der Waals surface area contributed by atoms with E-state index in [4.69, 9.17) is 27.9 Å². The second-order valence-corrected chi connectivity index (χ2v) is 6.92. The van der Waals surface area contributed by atoms with E-state index in [0.717, 1.165) is 44.0 Å². The third kappa shape index (κ3) is 5.07. The van der Waals surface area contributed by atoms with E-state index in [2.05, 4.69) is 15.3 Å². The average molecular weight is 411 g/mol. The Morgan fingerprint density at radius 3 is 2.59 bits per heavy atom. The summed E-state index contributed by atoms with van der Waals surface area (Å²) in [6.45, 7) is 4.97. The topological polar surface area (TPSA) is 76.5 Å². The largest absolute Gasteiger partial charge is 0.379 e. The van der Waals surface area contributed by atoms with E-state index in [1.807, 2.05) is 0 Å². The number of hydrogen-bond donors (Lipinski definition) is 1. The molecule has 2 aromatic rings. The summed E-state index contributed by atoms with van der Waals surface area (Å²) in [5.41, 5.74) is 0.505. The normalized spacial score (nSPS) is 14.9. The van der Waals surface area contributed by atoms with Crippen LogP contribution >= 0.6 is 23.2 Å². The molecule has 0 radical (unpaired) electrons. The number of carbonyl (C=O) groups is 1. The molecular weight excluding hydrogens is 391 g/mol. The Morgan fingerprint density at radius 2 is 1.89 bits per heavy atom. The summed E-state index contributed by atoms with van der Waals surface area (Å²) >= 11 is 11.6. The summed E-state index contributed by atoms with van der Waals surface area (Å²) in [6, 6.07) is 6.56. The molecule has 1 aromatic carbocycles. The number of amides is 1. The number of benzene rings is 1. The van der Waals surface area contributed by atoms with Gasteiger partial charge in [-0.15, -0.1) is 0 Å². The minimum Gasteiger partial charge on any atom is -0.379 e. The second-order valence-electron chi connectivity index (χ2n) is 6.13. The molecule has 2 heterocycles. The van der Waals surface area contributed by atoms with Crippen LogP contribution < -0.4 is 10.9 Å².